The Morgan fingerprint density at radius 1 is 0.455 bits per heavy atom. The van der Waals surface area contributed by atoms with E-state index in [4.69, 9.17) is 5.11 Å². The van der Waals surface area contributed by atoms with Crippen LogP contribution in [0.3, 0.4) is 0 Å². The Labute approximate surface area is 173 Å². The standard InChI is InChI=1S/C15H13F17O/c16-8(17,6-4-2-1-3-5-7-33)9(18,19)10(20,21)11(22,23)12(24,25)13(26,27)14(28,29)15(30,31)32/h1-2,33H,3-7H2/b2-1-. The molecule has 0 radical (unpaired) electrons. The van der Waals surface area contributed by atoms with Crippen LogP contribution in [0.2, 0.25) is 0 Å². The molecular formula is C15H13F17O. The molecule has 0 aromatic rings. The van der Waals surface area contributed by atoms with E-state index in [2.05, 4.69) is 0 Å². The molecule has 0 fully saturated rings. The number of aliphatic hydroxyl groups excluding tert-OH is 1. The first-order valence-electron chi connectivity index (χ1n) is 8.28. The van der Waals surface area contributed by atoms with Crippen LogP contribution in [0.4, 0.5) is 74.6 Å². The van der Waals surface area contributed by atoms with Crippen molar-refractivity contribution in [2.24, 2.45) is 0 Å². The topological polar surface area (TPSA) is 20.2 Å². The lowest BCUT2D eigenvalue weighted by Gasteiger charge is -2.42. The maximum Gasteiger partial charge on any atom is 0.460 e. The number of allylic oxidation sites excluding steroid dienone is 2. The normalized spacial score (nSPS) is 16.1. The largest absolute Gasteiger partial charge is 0.460 e. The molecule has 0 bridgehead atoms. The number of rotatable bonds is 12. The average Bonchev–Trinajstić information content (AvgIpc) is 2.62. The molecule has 0 aliphatic heterocycles. The van der Waals surface area contributed by atoms with Gasteiger partial charge in [0.1, 0.15) is 0 Å². The van der Waals surface area contributed by atoms with Crippen LogP contribution in [0.5, 0.6) is 0 Å². The number of hydrogen-bond acceptors (Lipinski definition) is 1. The highest BCUT2D eigenvalue weighted by Gasteiger charge is 2.95. The Kier molecular flexibility index (Phi) is 8.86. The van der Waals surface area contributed by atoms with E-state index < -0.39 is 67.1 Å². The molecule has 0 heterocycles. The van der Waals surface area contributed by atoms with Gasteiger partial charge in [-0.15, -0.1) is 0 Å². The lowest BCUT2D eigenvalue weighted by molar-refractivity contribution is -0.461. The summed E-state index contributed by atoms with van der Waals surface area (Å²) in [6.07, 6.45) is -10.1. The molecule has 0 rings (SSSR count). The first-order valence-corrected chi connectivity index (χ1v) is 8.28. The summed E-state index contributed by atoms with van der Waals surface area (Å²) in [5, 5.41) is 8.41. The summed E-state index contributed by atoms with van der Waals surface area (Å²) in [6, 6.07) is 0. The van der Waals surface area contributed by atoms with E-state index in [-0.39, 0.29) is 12.8 Å². The fraction of sp³-hybridized carbons (Fsp3) is 0.867. The minimum Gasteiger partial charge on any atom is -0.396 e. The molecule has 1 nitrogen and oxygen atoms in total. The van der Waals surface area contributed by atoms with Crippen LogP contribution >= 0.6 is 0 Å². The summed E-state index contributed by atoms with van der Waals surface area (Å²) in [7, 11) is 0. The van der Waals surface area contributed by atoms with Gasteiger partial charge in [0.25, 0.3) is 0 Å². The Morgan fingerprint density at radius 2 is 0.788 bits per heavy atom. The van der Waals surface area contributed by atoms with E-state index in [0.717, 1.165) is 6.08 Å². The molecule has 0 spiro atoms. The van der Waals surface area contributed by atoms with Crippen molar-refractivity contribution in [3.05, 3.63) is 12.2 Å². The van der Waals surface area contributed by atoms with Crippen LogP contribution in [0.1, 0.15) is 25.7 Å². The highest BCUT2D eigenvalue weighted by Crippen LogP contribution is 2.64. The minimum absolute atomic E-state index is 0.0131. The summed E-state index contributed by atoms with van der Waals surface area (Å²) in [4.78, 5) is 0. The molecule has 0 aliphatic carbocycles. The second-order valence-corrected chi connectivity index (χ2v) is 6.52. The van der Waals surface area contributed by atoms with Crippen molar-refractivity contribution in [3.63, 3.8) is 0 Å². The van der Waals surface area contributed by atoms with Crippen molar-refractivity contribution >= 4 is 0 Å². The molecule has 33 heavy (non-hydrogen) atoms. The maximum absolute atomic E-state index is 13.5. The third-order valence-electron chi connectivity index (χ3n) is 4.11. The van der Waals surface area contributed by atoms with Gasteiger partial charge in [0.2, 0.25) is 0 Å². The monoisotopic (exact) mass is 532 g/mol. The molecule has 0 atom stereocenters. The lowest BCUT2D eigenvalue weighted by Crippen LogP contribution is -2.74. The molecule has 0 saturated carbocycles. The fourth-order valence-corrected chi connectivity index (χ4v) is 2.06. The number of hydrogen-bond donors (Lipinski definition) is 1. The zero-order chi connectivity index (χ0) is 26.9. The Bertz CT molecular complexity index is 676. The average molecular weight is 532 g/mol. The smallest absolute Gasteiger partial charge is 0.396 e. The van der Waals surface area contributed by atoms with Crippen molar-refractivity contribution < 1.29 is 79.7 Å². The molecule has 1 N–H and O–H groups in total. The highest BCUT2D eigenvalue weighted by molar-refractivity contribution is 5.15. The van der Waals surface area contributed by atoms with Crippen LogP contribution in [-0.4, -0.2) is 59.3 Å². The molecule has 0 aromatic heterocycles. The van der Waals surface area contributed by atoms with Crippen LogP contribution in [0, 0.1) is 0 Å². The van der Waals surface area contributed by atoms with Gasteiger partial charge in [-0.3, -0.25) is 0 Å². The van der Waals surface area contributed by atoms with Gasteiger partial charge in [0.05, 0.1) is 0 Å². The molecular weight excluding hydrogens is 519 g/mol. The number of alkyl halides is 17. The van der Waals surface area contributed by atoms with Gasteiger partial charge < -0.3 is 5.11 Å². The SMILES string of the molecule is OCCC/C=C\CCC(F)(F)C(F)(F)C(F)(F)C(F)(F)C(F)(F)C(F)(F)C(F)(F)C(F)(F)F. The molecule has 0 aliphatic rings. The van der Waals surface area contributed by atoms with Crippen molar-refractivity contribution in [2.45, 2.75) is 73.3 Å². The molecule has 18 heteroatoms. The second-order valence-electron chi connectivity index (χ2n) is 6.52. The van der Waals surface area contributed by atoms with Gasteiger partial charge in [-0.2, -0.15) is 74.6 Å². The van der Waals surface area contributed by atoms with E-state index in [1.807, 2.05) is 0 Å². The zero-order valence-electron chi connectivity index (χ0n) is 15.6. The first-order chi connectivity index (χ1) is 14.3. The summed E-state index contributed by atoms with van der Waals surface area (Å²) >= 11 is 0. The Morgan fingerprint density at radius 3 is 1.15 bits per heavy atom. The third-order valence-corrected chi connectivity index (χ3v) is 4.11. The predicted octanol–water partition coefficient (Wildman–Crippen LogP) is 7.10. The van der Waals surface area contributed by atoms with E-state index >= 15 is 0 Å². The lowest BCUT2D eigenvalue weighted by atomic mass is 9.88. The van der Waals surface area contributed by atoms with Crippen molar-refractivity contribution in [1.29, 1.82) is 0 Å². The zero-order valence-corrected chi connectivity index (χ0v) is 15.6. The predicted molar refractivity (Wildman–Crippen MR) is 75.4 cm³/mol. The van der Waals surface area contributed by atoms with Crippen molar-refractivity contribution in [2.75, 3.05) is 6.61 Å². The van der Waals surface area contributed by atoms with Gasteiger partial charge in [-0.1, -0.05) is 12.2 Å². The van der Waals surface area contributed by atoms with Crippen LogP contribution in [0.25, 0.3) is 0 Å². The highest BCUT2D eigenvalue weighted by atomic mass is 19.4. The Balaban J connectivity index is 6.24. The molecule has 0 amide bonds. The first kappa shape index (κ1) is 31.5. The fourth-order valence-electron chi connectivity index (χ4n) is 2.06. The van der Waals surface area contributed by atoms with E-state index in [1.165, 1.54) is 0 Å². The van der Waals surface area contributed by atoms with E-state index in [9.17, 15) is 74.6 Å². The van der Waals surface area contributed by atoms with Crippen LogP contribution in [0.15, 0.2) is 12.2 Å². The minimum atomic E-state index is -8.60. The van der Waals surface area contributed by atoms with Crippen LogP contribution < -0.4 is 0 Å². The summed E-state index contributed by atoms with van der Waals surface area (Å²) in [5.41, 5.74) is 0. The van der Waals surface area contributed by atoms with Gasteiger partial charge in [0.15, 0.2) is 0 Å². The van der Waals surface area contributed by atoms with Gasteiger partial charge in [-0.05, 0) is 19.3 Å². The molecule has 0 unspecified atom stereocenters. The van der Waals surface area contributed by atoms with E-state index in [1.54, 1.807) is 0 Å². The molecule has 0 saturated heterocycles. The third kappa shape index (κ3) is 4.99. The Hall–Kier alpha value is -1.49. The van der Waals surface area contributed by atoms with Gasteiger partial charge in [0, 0.05) is 13.0 Å². The van der Waals surface area contributed by atoms with Crippen molar-refractivity contribution in [1.82, 2.24) is 0 Å². The van der Waals surface area contributed by atoms with Crippen molar-refractivity contribution in [3.8, 4) is 0 Å². The summed E-state index contributed by atoms with van der Waals surface area (Å²) in [5.74, 6) is -56.0. The maximum atomic E-state index is 13.5. The second kappa shape index (κ2) is 9.28. The summed E-state index contributed by atoms with van der Waals surface area (Å²) < 4.78 is 222. The molecule has 198 valence electrons. The van der Waals surface area contributed by atoms with Crippen LogP contribution in [-0.2, 0) is 0 Å². The van der Waals surface area contributed by atoms with Gasteiger partial charge in [-0.25, -0.2) is 0 Å². The number of unbranched alkanes of at least 4 members (excludes halogenated alkanes) is 1. The number of halogens is 17. The molecule has 0 aromatic carbocycles. The number of aliphatic hydroxyl groups is 1. The summed E-state index contributed by atoms with van der Waals surface area (Å²) in [6.45, 7) is -0.424. The quantitative estimate of drug-likeness (QED) is 0.162. The van der Waals surface area contributed by atoms with E-state index in [0.29, 0.717) is 6.08 Å². The van der Waals surface area contributed by atoms with Gasteiger partial charge >= 0.3 is 47.6 Å².